The highest BCUT2D eigenvalue weighted by Crippen LogP contribution is 2.19. The lowest BCUT2D eigenvalue weighted by Gasteiger charge is -2.21. The third-order valence-electron chi connectivity index (χ3n) is 4.98. The molecular weight excluding hydrogens is 398 g/mol. The van der Waals surface area contributed by atoms with E-state index in [9.17, 15) is 19.2 Å². The van der Waals surface area contributed by atoms with E-state index in [1.54, 1.807) is 13.8 Å². The number of esters is 1. The summed E-state index contributed by atoms with van der Waals surface area (Å²) in [4.78, 5) is 48.4. The van der Waals surface area contributed by atoms with Crippen molar-refractivity contribution in [1.82, 2.24) is 16.0 Å². The van der Waals surface area contributed by atoms with Gasteiger partial charge in [-0.15, -0.1) is 0 Å². The standard InChI is InChI=1S/C23H27N3O5/c1-14(2)21(22(29)31-13-20(28)26-23(30)24-17-10-11-17)25-19(27)12-16-8-5-7-15-6-3-4-9-18(15)16/h3-9,14,17,21H,10-13H2,1-2H3,(H,25,27)(H2,24,26,28,30)/t21-/m0/s1. The van der Waals surface area contributed by atoms with Crippen LogP contribution >= 0.6 is 0 Å². The van der Waals surface area contributed by atoms with Crippen molar-refractivity contribution in [3.05, 3.63) is 48.0 Å². The number of fused-ring (bicyclic) bond motifs is 1. The van der Waals surface area contributed by atoms with Crippen LogP contribution in [-0.4, -0.2) is 42.5 Å². The second kappa shape index (κ2) is 10.1. The van der Waals surface area contributed by atoms with Gasteiger partial charge in [0.2, 0.25) is 5.91 Å². The Bertz CT molecular complexity index is 979. The normalized spacial score (nSPS) is 14.0. The van der Waals surface area contributed by atoms with Crippen LogP contribution in [0, 0.1) is 5.92 Å². The molecule has 0 aliphatic heterocycles. The van der Waals surface area contributed by atoms with Crippen molar-refractivity contribution in [3.63, 3.8) is 0 Å². The molecule has 1 atom stereocenters. The van der Waals surface area contributed by atoms with Crippen molar-refractivity contribution >= 4 is 34.6 Å². The fourth-order valence-corrected chi connectivity index (χ4v) is 3.18. The zero-order chi connectivity index (χ0) is 22.4. The molecule has 0 bridgehead atoms. The number of carbonyl (C=O) groups is 4. The molecule has 164 valence electrons. The summed E-state index contributed by atoms with van der Waals surface area (Å²) in [5.41, 5.74) is 0.854. The first-order valence-electron chi connectivity index (χ1n) is 10.4. The average molecular weight is 425 g/mol. The highest BCUT2D eigenvalue weighted by Gasteiger charge is 2.27. The topological polar surface area (TPSA) is 114 Å². The fourth-order valence-electron chi connectivity index (χ4n) is 3.18. The van der Waals surface area contributed by atoms with E-state index in [0.717, 1.165) is 29.2 Å². The third-order valence-corrected chi connectivity index (χ3v) is 4.98. The number of carbonyl (C=O) groups excluding carboxylic acids is 4. The minimum atomic E-state index is -0.907. The molecule has 1 saturated carbocycles. The molecule has 1 fully saturated rings. The summed E-state index contributed by atoms with van der Waals surface area (Å²) < 4.78 is 5.02. The predicted molar refractivity (Wildman–Crippen MR) is 115 cm³/mol. The molecule has 3 rings (SSSR count). The summed E-state index contributed by atoms with van der Waals surface area (Å²) in [7, 11) is 0. The van der Waals surface area contributed by atoms with Crippen LogP contribution in [0.25, 0.3) is 10.8 Å². The smallest absolute Gasteiger partial charge is 0.329 e. The second-order valence-corrected chi connectivity index (χ2v) is 8.01. The zero-order valence-electron chi connectivity index (χ0n) is 17.6. The Hall–Kier alpha value is -3.42. The van der Waals surface area contributed by atoms with Crippen molar-refractivity contribution < 1.29 is 23.9 Å². The quantitative estimate of drug-likeness (QED) is 0.560. The van der Waals surface area contributed by atoms with Crippen LogP contribution in [-0.2, 0) is 25.5 Å². The van der Waals surface area contributed by atoms with Crippen molar-refractivity contribution in [2.24, 2.45) is 5.92 Å². The SMILES string of the molecule is CC(C)[C@H](NC(=O)Cc1cccc2ccccc12)C(=O)OCC(=O)NC(=O)NC1CC1. The molecule has 0 saturated heterocycles. The minimum absolute atomic E-state index is 0.109. The summed E-state index contributed by atoms with van der Waals surface area (Å²) in [6.07, 6.45) is 1.90. The maximum atomic E-state index is 12.6. The summed E-state index contributed by atoms with van der Waals surface area (Å²) >= 11 is 0. The van der Waals surface area contributed by atoms with Crippen LogP contribution in [0.15, 0.2) is 42.5 Å². The van der Waals surface area contributed by atoms with Gasteiger partial charge in [0.05, 0.1) is 6.42 Å². The summed E-state index contributed by atoms with van der Waals surface area (Å²) in [6.45, 7) is 2.94. The van der Waals surface area contributed by atoms with Gasteiger partial charge in [-0.1, -0.05) is 56.3 Å². The van der Waals surface area contributed by atoms with Crippen LogP contribution in [0.3, 0.4) is 0 Å². The van der Waals surface area contributed by atoms with Crippen molar-refractivity contribution in [2.45, 2.75) is 45.2 Å². The van der Waals surface area contributed by atoms with Gasteiger partial charge in [0.15, 0.2) is 6.61 Å². The molecule has 0 unspecified atom stereocenters. The Kier molecular flexibility index (Phi) is 7.23. The Morgan fingerprint density at radius 1 is 1.00 bits per heavy atom. The van der Waals surface area contributed by atoms with Crippen molar-refractivity contribution in [2.75, 3.05) is 6.61 Å². The highest BCUT2D eigenvalue weighted by atomic mass is 16.5. The largest absolute Gasteiger partial charge is 0.454 e. The maximum absolute atomic E-state index is 12.6. The van der Waals surface area contributed by atoms with E-state index in [1.807, 2.05) is 42.5 Å². The molecule has 31 heavy (non-hydrogen) atoms. The number of amides is 4. The lowest BCUT2D eigenvalue weighted by atomic mass is 10.0. The Labute approximate surface area is 180 Å². The van der Waals surface area contributed by atoms with Gasteiger partial charge in [0.25, 0.3) is 5.91 Å². The maximum Gasteiger partial charge on any atom is 0.329 e. The van der Waals surface area contributed by atoms with Gasteiger partial charge in [-0.25, -0.2) is 9.59 Å². The van der Waals surface area contributed by atoms with Crippen LogP contribution in [0.4, 0.5) is 4.79 Å². The predicted octanol–water partition coefficient (Wildman–Crippen LogP) is 2.05. The Balaban J connectivity index is 1.53. The molecule has 1 aliphatic carbocycles. The number of ether oxygens (including phenoxy) is 1. The first-order valence-corrected chi connectivity index (χ1v) is 10.4. The van der Waals surface area contributed by atoms with E-state index < -0.39 is 30.6 Å². The van der Waals surface area contributed by atoms with Crippen molar-refractivity contribution in [1.29, 1.82) is 0 Å². The number of rotatable bonds is 8. The zero-order valence-corrected chi connectivity index (χ0v) is 17.6. The fraction of sp³-hybridized carbons (Fsp3) is 0.391. The van der Waals surface area contributed by atoms with Gasteiger partial charge in [0.1, 0.15) is 6.04 Å². The van der Waals surface area contributed by atoms with Crippen LogP contribution < -0.4 is 16.0 Å². The monoisotopic (exact) mass is 425 g/mol. The van der Waals surface area contributed by atoms with Gasteiger partial charge < -0.3 is 15.4 Å². The Morgan fingerprint density at radius 2 is 1.71 bits per heavy atom. The molecule has 2 aromatic carbocycles. The number of benzene rings is 2. The van der Waals surface area contributed by atoms with Crippen LogP contribution in [0.1, 0.15) is 32.3 Å². The molecular formula is C23H27N3O5. The van der Waals surface area contributed by atoms with Gasteiger partial charge in [-0.3, -0.25) is 14.9 Å². The molecule has 8 nitrogen and oxygen atoms in total. The average Bonchev–Trinajstić information content (AvgIpc) is 3.54. The molecule has 0 spiro atoms. The summed E-state index contributed by atoms with van der Waals surface area (Å²) in [5, 5.41) is 9.43. The lowest BCUT2D eigenvalue weighted by Crippen LogP contribution is -2.47. The second-order valence-electron chi connectivity index (χ2n) is 8.01. The Morgan fingerprint density at radius 3 is 2.42 bits per heavy atom. The van der Waals surface area contributed by atoms with E-state index in [2.05, 4.69) is 16.0 Å². The van der Waals surface area contributed by atoms with Gasteiger partial charge in [0, 0.05) is 6.04 Å². The minimum Gasteiger partial charge on any atom is -0.454 e. The summed E-state index contributed by atoms with van der Waals surface area (Å²) in [5.74, 6) is -2.01. The lowest BCUT2D eigenvalue weighted by molar-refractivity contribution is -0.152. The number of imide groups is 1. The van der Waals surface area contributed by atoms with Gasteiger partial charge in [-0.2, -0.15) is 0 Å². The molecule has 0 radical (unpaired) electrons. The van der Waals surface area contributed by atoms with Crippen molar-refractivity contribution in [3.8, 4) is 0 Å². The first kappa shape index (κ1) is 22.3. The third kappa shape index (κ3) is 6.53. The molecule has 1 aliphatic rings. The van der Waals surface area contributed by atoms with E-state index in [-0.39, 0.29) is 24.3 Å². The van der Waals surface area contributed by atoms with Crippen LogP contribution in [0.2, 0.25) is 0 Å². The molecule has 4 amide bonds. The first-order chi connectivity index (χ1) is 14.8. The molecule has 8 heteroatoms. The van der Waals surface area contributed by atoms with E-state index in [0.29, 0.717) is 0 Å². The molecule has 0 aromatic heterocycles. The highest BCUT2D eigenvalue weighted by molar-refractivity contribution is 5.96. The summed E-state index contributed by atoms with van der Waals surface area (Å²) in [6, 6.07) is 12.1. The van der Waals surface area contributed by atoms with Gasteiger partial charge in [-0.05, 0) is 35.1 Å². The number of nitrogens with one attached hydrogen (secondary N) is 3. The van der Waals surface area contributed by atoms with E-state index in [4.69, 9.17) is 4.74 Å². The van der Waals surface area contributed by atoms with Gasteiger partial charge >= 0.3 is 12.0 Å². The molecule has 0 heterocycles. The number of urea groups is 1. The number of hydrogen-bond acceptors (Lipinski definition) is 5. The van der Waals surface area contributed by atoms with E-state index in [1.165, 1.54) is 0 Å². The van der Waals surface area contributed by atoms with E-state index >= 15 is 0 Å². The number of hydrogen-bond donors (Lipinski definition) is 3. The van der Waals surface area contributed by atoms with Crippen LogP contribution in [0.5, 0.6) is 0 Å². The molecule has 3 N–H and O–H groups in total. The molecule has 2 aromatic rings.